The summed E-state index contributed by atoms with van der Waals surface area (Å²) in [6, 6.07) is 6.87. The fraction of sp³-hybridized carbons (Fsp3) is 0.500. The lowest BCUT2D eigenvalue weighted by Gasteiger charge is -2.27. The van der Waals surface area contributed by atoms with Crippen LogP contribution in [-0.4, -0.2) is 35.4 Å². The summed E-state index contributed by atoms with van der Waals surface area (Å²) in [5.41, 5.74) is 5.12. The molecule has 0 spiro atoms. The third kappa shape index (κ3) is 7.10. The Morgan fingerprint density at radius 1 is 0.966 bits per heavy atom. The molecular weight excluding hydrogens is 378 g/mol. The summed E-state index contributed by atoms with van der Waals surface area (Å²) in [4.78, 5) is 47.3. The SMILES string of the molecule is CCOc1ccc(NC(=O)CCC(=O)NNC(=O)[C@@H]2CCCC[C@H]2C(=O)O)cc1. The second kappa shape index (κ2) is 11.0. The van der Waals surface area contributed by atoms with E-state index in [0.29, 0.717) is 30.9 Å². The molecule has 1 aliphatic rings. The highest BCUT2D eigenvalue weighted by molar-refractivity contribution is 5.93. The average Bonchev–Trinajstić information content (AvgIpc) is 2.72. The number of nitrogens with one attached hydrogen (secondary N) is 3. The van der Waals surface area contributed by atoms with Gasteiger partial charge in [0.25, 0.3) is 0 Å². The van der Waals surface area contributed by atoms with Crippen LogP contribution in [0.15, 0.2) is 24.3 Å². The summed E-state index contributed by atoms with van der Waals surface area (Å²) in [6.45, 7) is 2.43. The molecule has 4 N–H and O–H groups in total. The van der Waals surface area contributed by atoms with Crippen LogP contribution < -0.4 is 20.9 Å². The van der Waals surface area contributed by atoms with Crippen LogP contribution in [0.2, 0.25) is 0 Å². The number of carbonyl (C=O) groups excluding carboxylic acids is 3. The molecule has 1 aliphatic carbocycles. The minimum absolute atomic E-state index is 0.0594. The lowest BCUT2D eigenvalue weighted by atomic mass is 9.79. The molecule has 1 fully saturated rings. The topological polar surface area (TPSA) is 134 Å². The summed E-state index contributed by atoms with van der Waals surface area (Å²) in [5, 5.41) is 11.9. The van der Waals surface area contributed by atoms with Crippen molar-refractivity contribution in [2.75, 3.05) is 11.9 Å². The van der Waals surface area contributed by atoms with Gasteiger partial charge in [-0.2, -0.15) is 0 Å². The monoisotopic (exact) mass is 405 g/mol. The van der Waals surface area contributed by atoms with Gasteiger partial charge in [-0.3, -0.25) is 30.0 Å². The molecule has 0 unspecified atom stereocenters. The van der Waals surface area contributed by atoms with Gasteiger partial charge in [-0.25, -0.2) is 0 Å². The van der Waals surface area contributed by atoms with Crippen LogP contribution in [0.3, 0.4) is 0 Å². The molecule has 0 radical (unpaired) electrons. The number of ether oxygens (including phenoxy) is 1. The van der Waals surface area contributed by atoms with Gasteiger partial charge in [-0.05, 0) is 44.0 Å². The maximum Gasteiger partial charge on any atom is 0.307 e. The highest BCUT2D eigenvalue weighted by Gasteiger charge is 2.35. The number of carboxylic acids is 1. The normalized spacial score (nSPS) is 18.4. The van der Waals surface area contributed by atoms with E-state index in [9.17, 15) is 24.3 Å². The van der Waals surface area contributed by atoms with Gasteiger partial charge in [-0.1, -0.05) is 12.8 Å². The molecule has 2 rings (SSSR count). The molecule has 0 saturated heterocycles. The van der Waals surface area contributed by atoms with Gasteiger partial charge in [0.05, 0.1) is 18.4 Å². The van der Waals surface area contributed by atoms with Crippen molar-refractivity contribution in [1.29, 1.82) is 0 Å². The number of aliphatic carboxylic acids is 1. The number of anilines is 1. The van der Waals surface area contributed by atoms with Crippen molar-refractivity contribution in [3.05, 3.63) is 24.3 Å². The van der Waals surface area contributed by atoms with E-state index in [-0.39, 0.29) is 18.7 Å². The van der Waals surface area contributed by atoms with Crippen LogP contribution >= 0.6 is 0 Å². The van der Waals surface area contributed by atoms with Crippen molar-refractivity contribution < 1.29 is 29.0 Å². The van der Waals surface area contributed by atoms with Gasteiger partial charge in [0.1, 0.15) is 5.75 Å². The first kappa shape index (κ1) is 22.2. The first-order valence-electron chi connectivity index (χ1n) is 9.75. The van der Waals surface area contributed by atoms with Crippen LogP contribution in [0, 0.1) is 11.8 Å². The molecule has 0 bridgehead atoms. The van der Waals surface area contributed by atoms with Gasteiger partial charge in [0, 0.05) is 18.5 Å². The van der Waals surface area contributed by atoms with Crippen LogP contribution in [0.1, 0.15) is 45.4 Å². The van der Waals surface area contributed by atoms with Gasteiger partial charge in [-0.15, -0.1) is 0 Å². The number of benzene rings is 1. The fourth-order valence-electron chi connectivity index (χ4n) is 3.28. The molecule has 158 valence electrons. The minimum Gasteiger partial charge on any atom is -0.494 e. The zero-order valence-electron chi connectivity index (χ0n) is 16.4. The predicted molar refractivity (Wildman–Crippen MR) is 105 cm³/mol. The van der Waals surface area contributed by atoms with E-state index in [4.69, 9.17) is 4.74 Å². The van der Waals surface area contributed by atoms with E-state index >= 15 is 0 Å². The van der Waals surface area contributed by atoms with Gasteiger partial charge in [0.15, 0.2) is 0 Å². The van der Waals surface area contributed by atoms with Crippen molar-refractivity contribution in [3.8, 4) is 5.75 Å². The first-order valence-corrected chi connectivity index (χ1v) is 9.75. The fourth-order valence-corrected chi connectivity index (χ4v) is 3.28. The van der Waals surface area contributed by atoms with Gasteiger partial charge in [0.2, 0.25) is 17.7 Å². The summed E-state index contributed by atoms with van der Waals surface area (Å²) in [7, 11) is 0. The number of hydrazine groups is 1. The Morgan fingerprint density at radius 2 is 1.59 bits per heavy atom. The Balaban J connectivity index is 1.71. The smallest absolute Gasteiger partial charge is 0.307 e. The lowest BCUT2D eigenvalue weighted by Crippen LogP contribution is -2.48. The highest BCUT2D eigenvalue weighted by Crippen LogP contribution is 2.30. The van der Waals surface area contributed by atoms with E-state index in [2.05, 4.69) is 16.2 Å². The molecule has 0 aliphatic heterocycles. The van der Waals surface area contributed by atoms with Crippen molar-refractivity contribution in [2.45, 2.75) is 45.4 Å². The van der Waals surface area contributed by atoms with Gasteiger partial charge >= 0.3 is 5.97 Å². The Labute approximate surface area is 169 Å². The van der Waals surface area contributed by atoms with Crippen LogP contribution in [0.25, 0.3) is 0 Å². The second-order valence-corrected chi connectivity index (χ2v) is 6.88. The number of hydrogen-bond acceptors (Lipinski definition) is 5. The molecular formula is C20H27N3O6. The third-order valence-electron chi connectivity index (χ3n) is 4.77. The molecule has 0 heterocycles. The number of hydrogen-bond donors (Lipinski definition) is 4. The highest BCUT2D eigenvalue weighted by atomic mass is 16.5. The molecule has 2 atom stereocenters. The third-order valence-corrected chi connectivity index (χ3v) is 4.77. The number of amides is 3. The quantitative estimate of drug-likeness (QED) is 0.488. The van der Waals surface area contributed by atoms with Crippen LogP contribution in [-0.2, 0) is 19.2 Å². The first-order chi connectivity index (χ1) is 13.9. The summed E-state index contributed by atoms with van der Waals surface area (Å²) >= 11 is 0. The number of carboxylic acid groups (broad SMARTS) is 1. The van der Waals surface area contributed by atoms with Crippen LogP contribution in [0.4, 0.5) is 5.69 Å². The number of rotatable bonds is 8. The van der Waals surface area contributed by atoms with E-state index in [1.807, 2.05) is 6.92 Å². The summed E-state index contributed by atoms with van der Waals surface area (Å²) < 4.78 is 5.32. The zero-order chi connectivity index (χ0) is 21.2. The standard InChI is InChI=1S/C20H27N3O6/c1-2-29-14-9-7-13(8-10-14)21-17(24)11-12-18(25)22-23-19(26)15-5-3-4-6-16(15)20(27)28/h7-10,15-16H,2-6,11-12H2,1H3,(H,21,24)(H,22,25)(H,23,26)(H,27,28)/t15-,16-/m1/s1. The van der Waals surface area contributed by atoms with Crippen molar-refractivity contribution >= 4 is 29.4 Å². The average molecular weight is 405 g/mol. The Kier molecular flexibility index (Phi) is 8.45. The zero-order valence-corrected chi connectivity index (χ0v) is 16.4. The Bertz CT molecular complexity index is 734. The summed E-state index contributed by atoms with van der Waals surface area (Å²) in [6.07, 6.45) is 2.31. The molecule has 9 nitrogen and oxygen atoms in total. The van der Waals surface area contributed by atoms with Crippen molar-refractivity contribution in [1.82, 2.24) is 10.9 Å². The van der Waals surface area contributed by atoms with Crippen LogP contribution in [0.5, 0.6) is 5.75 Å². The molecule has 1 aromatic rings. The lowest BCUT2D eigenvalue weighted by molar-refractivity contribution is -0.149. The summed E-state index contributed by atoms with van der Waals surface area (Å²) in [5.74, 6) is -3.07. The molecule has 3 amide bonds. The predicted octanol–water partition coefficient (Wildman–Crippen LogP) is 1.84. The molecule has 0 aromatic heterocycles. The van der Waals surface area contributed by atoms with Crippen molar-refractivity contribution in [3.63, 3.8) is 0 Å². The Hall–Kier alpha value is -3.10. The molecule has 1 saturated carbocycles. The van der Waals surface area contributed by atoms with Gasteiger partial charge < -0.3 is 15.2 Å². The largest absolute Gasteiger partial charge is 0.494 e. The van der Waals surface area contributed by atoms with E-state index in [1.165, 1.54) is 0 Å². The molecule has 29 heavy (non-hydrogen) atoms. The maximum atomic E-state index is 12.2. The number of carbonyl (C=O) groups is 4. The second-order valence-electron chi connectivity index (χ2n) is 6.88. The van der Waals surface area contributed by atoms with Crippen molar-refractivity contribution in [2.24, 2.45) is 11.8 Å². The molecule has 9 heteroatoms. The minimum atomic E-state index is -0.998. The molecule has 1 aromatic carbocycles. The van der Waals surface area contributed by atoms with E-state index in [0.717, 1.165) is 12.8 Å². The Morgan fingerprint density at radius 3 is 2.21 bits per heavy atom. The van der Waals surface area contributed by atoms with E-state index < -0.39 is 29.6 Å². The maximum absolute atomic E-state index is 12.2. The van der Waals surface area contributed by atoms with E-state index in [1.54, 1.807) is 24.3 Å².